The van der Waals surface area contributed by atoms with Gasteiger partial charge in [-0.2, -0.15) is 4.31 Å². The highest BCUT2D eigenvalue weighted by Crippen LogP contribution is 2.23. The van der Waals surface area contributed by atoms with Crippen molar-refractivity contribution < 1.29 is 23.1 Å². The number of carbonyl (C=O) groups is 2. The Hall–Kier alpha value is -1.97. The van der Waals surface area contributed by atoms with Gasteiger partial charge in [-0.05, 0) is 30.0 Å². The van der Waals surface area contributed by atoms with Crippen molar-refractivity contribution in [3.8, 4) is 0 Å². The molecule has 1 heterocycles. The highest BCUT2D eigenvalue weighted by Gasteiger charge is 2.29. The SMILES string of the molecule is CCC(C)c1ccc(S(=O)(=O)N2CCN(CC(=O)NCC(=O)O)CC2)cc1. The minimum atomic E-state index is -3.56. The minimum absolute atomic E-state index is 0.0603. The summed E-state index contributed by atoms with van der Waals surface area (Å²) in [6.45, 7) is 5.27. The third-order valence-electron chi connectivity index (χ3n) is 4.83. The summed E-state index contributed by atoms with van der Waals surface area (Å²) in [5, 5.41) is 10.9. The zero-order valence-electron chi connectivity index (χ0n) is 15.7. The lowest BCUT2D eigenvalue weighted by molar-refractivity contribution is -0.138. The van der Waals surface area contributed by atoms with Crippen molar-refractivity contribution in [3.05, 3.63) is 29.8 Å². The molecule has 27 heavy (non-hydrogen) atoms. The molecule has 1 amide bonds. The fraction of sp³-hybridized carbons (Fsp3) is 0.556. The summed E-state index contributed by atoms with van der Waals surface area (Å²) in [4.78, 5) is 24.2. The minimum Gasteiger partial charge on any atom is -0.480 e. The number of carbonyl (C=O) groups excluding carboxylic acids is 1. The van der Waals surface area contributed by atoms with Gasteiger partial charge in [0.05, 0.1) is 11.4 Å². The summed E-state index contributed by atoms with van der Waals surface area (Å²) in [7, 11) is -3.56. The Labute approximate surface area is 160 Å². The van der Waals surface area contributed by atoms with Gasteiger partial charge < -0.3 is 10.4 Å². The van der Waals surface area contributed by atoms with Crippen LogP contribution in [0.15, 0.2) is 29.2 Å². The lowest BCUT2D eigenvalue weighted by Gasteiger charge is -2.33. The van der Waals surface area contributed by atoms with Crippen LogP contribution in [0.25, 0.3) is 0 Å². The van der Waals surface area contributed by atoms with E-state index in [0.717, 1.165) is 12.0 Å². The van der Waals surface area contributed by atoms with Crippen molar-refractivity contribution in [2.75, 3.05) is 39.3 Å². The largest absolute Gasteiger partial charge is 0.480 e. The molecule has 0 aliphatic carbocycles. The predicted octanol–water partition coefficient (Wildman–Crippen LogP) is 0.707. The maximum Gasteiger partial charge on any atom is 0.322 e. The molecule has 1 aromatic rings. The third-order valence-corrected chi connectivity index (χ3v) is 6.75. The molecule has 0 saturated carbocycles. The summed E-state index contributed by atoms with van der Waals surface area (Å²) in [5.41, 5.74) is 1.12. The Morgan fingerprint density at radius 1 is 1.15 bits per heavy atom. The van der Waals surface area contributed by atoms with Gasteiger partial charge in [-0.3, -0.25) is 14.5 Å². The number of hydrogen-bond donors (Lipinski definition) is 2. The number of benzene rings is 1. The lowest BCUT2D eigenvalue weighted by atomic mass is 9.99. The van der Waals surface area contributed by atoms with E-state index in [1.54, 1.807) is 12.1 Å². The fourth-order valence-corrected chi connectivity index (χ4v) is 4.34. The van der Waals surface area contributed by atoms with Crippen LogP contribution in [0.4, 0.5) is 0 Å². The van der Waals surface area contributed by atoms with Crippen LogP contribution in [0.2, 0.25) is 0 Å². The quantitative estimate of drug-likeness (QED) is 0.669. The van der Waals surface area contributed by atoms with E-state index in [-0.39, 0.29) is 17.3 Å². The number of nitrogens with one attached hydrogen (secondary N) is 1. The van der Waals surface area contributed by atoms with Crippen molar-refractivity contribution in [2.45, 2.75) is 31.1 Å². The van der Waals surface area contributed by atoms with E-state index in [9.17, 15) is 18.0 Å². The van der Waals surface area contributed by atoms with Gasteiger partial charge in [0.15, 0.2) is 0 Å². The number of rotatable bonds is 8. The van der Waals surface area contributed by atoms with Gasteiger partial charge in [0.2, 0.25) is 15.9 Å². The Balaban J connectivity index is 1.92. The van der Waals surface area contributed by atoms with Crippen LogP contribution < -0.4 is 5.32 Å². The molecule has 1 aromatic carbocycles. The van der Waals surface area contributed by atoms with Crippen LogP contribution in [0.5, 0.6) is 0 Å². The van der Waals surface area contributed by atoms with Crippen molar-refractivity contribution >= 4 is 21.9 Å². The molecule has 1 aliphatic heterocycles. The summed E-state index contributed by atoms with van der Waals surface area (Å²) in [6.07, 6.45) is 0.994. The van der Waals surface area contributed by atoms with Gasteiger partial charge in [0.1, 0.15) is 6.54 Å². The zero-order chi connectivity index (χ0) is 20.0. The third kappa shape index (κ3) is 5.75. The number of carboxylic acids is 1. The first-order valence-corrected chi connectivity index (χ1v) is 10.5. The predicted molar refractivity (Wildman–Crippen MR) is 101 cm³/mol. The number of carboxylic acid groups (broad SMARTS) is 1. The van der Waals surface area contributed by atoms with Gasteiger partial charge in [-0.25, -0.2) is 8.42 Å². The molecule has 150 valence electrons. The number of piperazine rings is 1. The van der Waals surface area contributed by atoms with Crippen LogP contribution >= 0.6 is 0 Å². The van der Waals surface area contributed by atoms with Crippen LogP contribution in [-0.2, 0) is 19.6 Å². The molecule has 8 nitrogen and oxygen atoms in total. The van der Waals surface area contributed by atoms with Crippen LogP contribution in [0.3, 0.4) is 0 Å². The van der Waals surface area contributed by atoms with Crippen molar-refractivity contribution in [3.63, 3.8) is 0 Å². The van der Waals surface area contributed by atoms with E-state index in [1.165, 1.54) is 4.31 Å². The first-order valence-electron chi connectivity index (χ1n) is 9.05. The summed E-state index contributed by atoms with van der Waals surface area (Å²) < 4.78 is 27.0. The number of nitrogens with zero attached hydrogens (tertiary/aromatic N) is 2. The van der Waals surface area contributed by atoms with E-state index in [4.69, 9.17) is 5.11 Å². The molecule has 2 rings (SSSR count). The summed E-state index contributed by atoms with van der Waals surface area (Å²) in [6, 6.07) is 7.04. The smallest absolute Gasteiger partial charge is 0.322 e. The van der Waals surface area contributed by atoms with Gasteiger partial charge in [0, 0.05) is 26.2 Å². The molecule has 2 N–H and O–H groups in total. The van der Waals surface area contributed by atoms with E-state index in [2.05, 4.69) is 19.2 Å². The number of sulfonamides is 1. The standard InChI is InChI=1S/C18H27N3O5S/c1-3-14(2)15-4-6-16(7-5-15)27(25,26)21-10-8-20(9-11-21)13-17(22)19-12-18(23)24/h4-7,14H,3,8-13H2,1-2H3,(H,19,22)(H,23,24). The molecule has 1 atom stereocenters. The normalized spacial score (nSPS) is 17.4. The molecule has 9 heteroatoms. The molecule has 0 radical (unpaired) electrons. The first-order chi connectivity index (χ1) is 12.7. The Kier molecular flexibility index (Phi) is 7.34. The van der Waals surface area contributed by atoms with Crippen molar-refractivity contribution in [2.24, 2.45) is 0 Å². The number of aliphatic carboxylic acids is 1. The van der Waals surface area contributed by atoms with E-state index >= 15 is 0 Å². The topological polar surface area (TPSA) is 107 Å². The van der Waals surface area contributed by atoms with Gasteiger partial charge >= 0.3 is 5.97 Å². The molecule has 1 aliphatic rings. The molecule has 1 saturated heterocycles. The van der Waals surface area contributed by atoms with Crippen molar-refractivity contribution in [1.29, 1.82) is 0 Å². The molecular weight excluding hydrogens is 370 g/mol. The van der Waals surface area contributed by atoms with E-state index < -0.39 is 22.5 Å². The Bertz CT molecular complexity index is 756. The van der Waals surface area contributed by atoms with Crippen molar-refractivity contribution in [1.82, 2.24) is 14.5 Å². The monoisotopic (exact) mass is 397 g/mol. The van der Waals surface area contributed by atoms with Crippen LogP contribution in [-0.4, -0.2) is 73.9 Å². The average molecular weight is 397 g/mol. The number of hydrogen-bond acceptors (Lipinski definition) is 5. The highest BCUT2D eigenvalue weighted by atomic mass is 32.2. The highest BCUT2D eigenvalue weighted by molar-refractivity contribution is 7.89. The van der Waals surface area contributed by atoms with Crippen LogP contribution in [0.1, 0.15) is 31.7 Å². The zero-order valence-corrected chi connectivity index (χ0v) is 16.5. The van der Waals surface area contributed by atoms with Gasteiger partial charge in [0.25, 0.3) is 0 Å². The Morgan fingerprint density at radius 3 is 2.26 bits per heavy atom. The fourth-order valence-electron chi connectivity index (χ4n) is 2.91. The second-order valence-corrected chi connectivity index (χ2v) is 8.67. The van der Waals surface area contributed by atoms with Gasteiger partial charge in [-0.1, -0.05) is 26.0 Å². The average Bonchev–Trinajstić information content (AvgIpc) is 2.66. The number of amides is 1. The first kappa shape index (κ1) is 21.3. The second-order valence-electron chi connectivity index (χ2n) is 6.73. The summed E-state index contributed by atoms with van der Waals surface area (Å²) >= 11 is 0. The molecule has 1 fully saturated rings. The Morgan fingerprint density at radius 2 is 1.74 bits per heavy atom. The maximum atomic E-state index is 12.8. The maximum absolute atomic E-state index is 12.8. The molecular formula is C18H27N3O5S. The van der Waals surface area contributed by atoms with Gasteiger partial charge in [-0.15, -0.1) is 0 Å². The van der Waals surface area contributed by atoms with E-state index in [0.29, 0.717) is 32.1 Å². The molecule has 0 bridgehead atoms. The molecule has 0 spiro atoms. The second kappa shape index (κ2) is 9.29. The lowest BCUT2D eigenvalue weighted by Crippen LogP contribution is -2.51. The van der Waals surface area contributed by atoms with E-state index in [1.807, 2.05) is 17.0 Å². The molecule has 0 aromatic heterocycles. The summed E-state index contributed by atoms with van der Waals surface area (Å²) in [5.74, 6) is -1.09. The molecule has 1 unspecified atom stereocenters. The van der Waals surface area contributed by atoms with Crippen LogP contribution in [0, 0.1) is 0 Å².